The molecule has 0 bridgehead atoms. The molecule has 3 nitrogen and oxygen atoms in total. The van der Waals surface area contributed by atoms with Crippen LogP contribution in [0.5, 0.6) is 0 Å². The number of hydrogen-bond donors (Lipinski definition) is 1. The summed E-state index contributed by atoms with van der Waals surface area (Å²) in [6.07, 6.45) is -1.57. The molecule has 88 valence electrons. The minimum Gasteiger partial charge on any atom is -0.464 e. The Morgan fingerprint density at radius 1 is 1.69 bits per heavy atom. The van der Waals surface area contributed by atoms with Crippen molar-refractivity contribution in [3.8, 4) is 0 Å². The molecular formula is C10H9BrClFO3. The van der Waals surface area contributed by atoms with Crippen LogP contribution in [0.25, 0.3) is 0 Å². The van der Waals surface area contributed by atoms with Gasteiger partial charge in [-0.2, -0.15) is 0 Å². The fourth-order valence-corrected chi connectivity index (χ4v) is 1.81. The molecule has 0 aliphatic heterocycles. The maximum Gasteiger partial charge on any atom is 0.339 e. The summed E-state index contributed by atoms with van der Waals surface area (Å²) >= 11 is 8.60. The van der Waals surface area contributed by atoms with Crippen molar-refractivity contribution in [2.75, 3.05) is 6.61 Å². The van der Waals surface area contributed by atoms with Crippen LogP contribution in [-0.2, 0) is 9.53 Å². The van der Waals surface area contributed by atoms with E-state index in [2.05, 4.69) is 20.7 Å². The van der Waals surface area contributed by atoms with Gasteiger partial charge in [0, 0.05) is 5.56 Å². The number of carbonyl (C=O) groups excluding carboxylic acids is 1. The van der Waals surface area contributed by atoms with Crippen molar-refractivity contribution < 1.29 is 19.0 Å². The van der Waals surface area contributed by atoms with Crippen molar-refractivity contribution in [3.05, 3.63) is 33.0 Å². The molecule has 0 heterocycles. The highest BCUT2D eigenvalue weighted by atomic mass is 79.9. The Balaban J connectivity index is 3.05. The number of aliphatic hydroxyl groups is 1. The summed E-state index contributed by atoms with van der Waals surface area (Å²) in [6.45, 7) is 1.74. The summed E-state index contributed by atoms with van der Waals surface area (Å²) in [4.78, 5) is 11.2. The number of carbonyl (C=O) groups is 1. The standard InChI is InChI=1S/C10H9BrClFO3/c1-2-16-10(15)9(14)5-3-4-6(11)8(13)7(5)12/h3-4,9,14H,2H2,1H3. The summed E-state index contributed by atoms with van der Waals surface area (Å²) < 4.78 is 18.1. The Labute approximate surface area is 105 Å². The predicted octanol–water partition coefficient (Wildman–Crippen LogP) is 2.84. The van der Waals surface area contributed by atoms with Crippen molar-refractivity contribution in [1.82, 2.24) is 0 Å². The largest absolute Gasteiger partial charge is 0.464 e. The Morgan fingerprint density at radius 2 is 2.31 bits per heavy atom. The van der Waals surface area contributed by atoms with Gasteiger partial charge in [0.2, 0.25) is 0 Å². The minimum absolute atomic E-state index is 0.0131. The summed E-state index contributed by atoms with van der Waals surface area (Å²) in [5.74, 6) is -1.58. The van der Waals surface area contributed by atoms with Crippen LogP contribution in [0.4, 0.5) is 4.39 Å². The van der Waals surface area contributed by atoms with E-state index in [0.717, 1.165) is 0 Å². The maximum atomic E-state index is 13.4. The van der Waals surface area contributed by atoms with Gasteiger partial charge in [-0.3, -0.25) is 0 Å². The number of halogens is 3. The smallest absolute Gasteiger partial charge is 0.339 e. The zero-order valence-corrected chi connectivity index (χ0v) is 10.7. The monoisotopic (exact) mass is 310 g/mol. The van der Waals surface area contributed by atoms with Crippen molar-refractivity contribution in [2.45, 2.75) is 13.0 Å². The minimum atomic E-state index is -1.57. The molecule has 0 aliphatic carbocycles. The third-order valence-corrected chi connectivity index (χ3v) is 2.87. The third-order valence-electron chi connectivity index (χ3n) is 1.87. The fourth-order valence-electron chi connectivity index (χ4n) is 1.10. The normalized spacial score (nSPS) is 12.3. The topological polar surface area (TPSA) is 46.5 Å². The van der Waals surface area contributed by atoms with Crippen LogP contribution in [0.3, 0.4) is 0 Å². The van der Waals surface area contributed by atoms with E-state index in [9.17, 15) is 14.3 Å². The van der Waals surface area contributed by atoms with Crippen LogP contribution in [0.15, 0.2) is 16.6 Å². The highest BCUT2D eigenvalue weighted by molar-refractivity contribution is 9.10. The van der Waals surface area contributed by atoms with Gasteiger partial charge in [0.15, 0.2) is 11.9 Å². The second-order valence-electron chi connectivity index (χ2n) is 2.92. The molecular weight excluding hydrogens is 302 g/mol. The van der Waals surface area contributed by atoms with Gasteiger partial charge in [-0.25, -0.2) is 9.18 Å². The first-order chi connectivity index (χ1) is 7.49. The molecule has 16 heavy (non-hydrogen) atoms. The van der Waals surface area contributed by atoms with Gasteiger partial charge >= 0.3 is 5.97 Å². The van der Waals surface area contributed by atoms with Crippen LogP contribution >= 0.6 is 27.5 Å². The average molecular weight is 312 g/mol. The van der Waals surface area contributed by atoms with Gasteiger partial charge < -0.3 is 9.84 Å². The Bertz CT molecular complexity index is 411. The molecule has 0 spiro atoms. The zero-order valence-electron chi connectivity index (χ0n) is 8.34. The lowest BCUT2D eigenvalue weighted by molar-refractivity contribution is -0.153. The Hall–Kier alpha value is -0.650. The van der Waals surface area contributed by atoms with E-state index in [1.165, 1.54) is 12.1 Å². The lowest BCUT2D eigenvalue weighted by Gasteiger charge is -2.12. The van der Waals surface area contributed by atoms with Crippen molar-refractivity contribution >= 4 is 33.5 Å². The third kappa shape index (κ3) is 2.72. The predicted molar refractivity (Wildman–Crippen MR) is 60.7 cm³/mol. The van der Waals surface area contributed by atoms with Crippen LogP contribution < -0.4 is 0 Å². The van der Waals surface area contributed by atoms with Crippen molar-refractivity contribution in [2.24, 2.45) is 0 Å². The van der Waals surface area contributed by atoms with Crippen LogP contribution in [-0.4, -0.2) is 17.7 Å². The number of hydrogen-bond acceptors (Lipinski definition) is 3. The lowest BCUT2D eigenvalue weighted by Crippen LogP contribution is -2.16. The molecule has 0 aliphatic rings. The molecule has 1 atom stereocenters. The van der Waals surface area contributed by atoms with Gasteiger partial charge in [0.25, 0.3) is 0 Å². The molecule has 0 amide bonds. The van der Waals surface area contributed by atoms with Crippen molar-refractivity contribution in [3.63, 3.8) is 0 Å². The van der Waals surface area contributed by atoms with Crippen LogP contribution in [0, 0.1) is 5.82 Å². The molecule has 1 N–H and O–H groups in total. The Morgan fingerprint density at radius 3 is 2.88 bits per heavy atom. The first kappa shape index (κ1) is 13.4. The molecule has 0 fully saturated rings. The summed E-state index contributed by atoms with van der Waals surface area (Å²) in [5, 5.41) is 9.28. The first-order valence-electron chi connectivity index (χ1n) is 4.47. The first-order valence-corrected chi connectivity index (χ1v) is 5.64. The number of rotatable bonds is 3. The molecule has 1 unspecified atom stereocenters. The molecule has 0 aromatic heterocycles. The van der Waals surface area contributed by atoms with Gasteiger partial charge in [-0.1, -0.05) is 17.7 Å². The quantitative estimate of drug-likeness (QED) is 0.690. The summed E-state index contributed by atoms with van der Waals surface area (Å²) in [7, 11) is 0. The SMILES string of the molecule is CCOC(=O)C(O)c1ccc(Br)c(F)c1Cl. The molecule has 0 radical (unpaired) electrons. The Kier molecular flexibility index (Phi) is 4.70. The zero-order chi connectivity index (χ0) is 12.3. The van der Waals surface area contributed by atoms with Gasteiger partial charge in [0.1, 0.15) is 0 Å². The van der Waals surface area contributed by atoms with Crippen LogP contribution in [0.2, 0.25) is 5.02 Å². The van der Waals surface area contributed by atoms with Crippen molar-refractivity contribution in [1.29, 1.82) is 0 Å². The number of benzene rings is 1. The fraction of sp³-hybridized carbons (Fsp3) is 0.300. The molecule has 0 saturated heterocycles. The van der Waals surface area contributed by atoms with E-state index in [0.29, 0.717) is 0 Å². The van der Waals surface area contributed by atoms with Crippen LogP contribution in [0.1, 0.15) is 18.6 Å². The summed E-state index contributed by atoms with van der Waals surface area (Å²) in [6, 6.07) is 2.72. The van der Waals surface area contributed by atoms with Gasteiger partial charge in [-0.15, -0.1) is 0 Å². The molecule has 1 aromatic rings. The van der Waals surface area contributed by atoms with E-state index in [1.807, 2.05) is 0 Å². The molecule has 0 saturated carbocycles. The molecule has 1 aromatic carbocycles. The highest BCUT2D eigenvalue weighted by Crippen LogP contribution is 2.30. The highest BCUT2D eigenvalue weighted by Gasteiger charge is 2.23. The van der Waals surface area contributed by atoms with E-state index < -0.39 is 17.9 Å². The second-order valence-corrected chi connectivity index (χ2v) is 4.15. The van der Waals surface area contributed by atoms with E-state index in [-0.39, 0.29) is 21.7 Å². The maximum absolute atomic E-state index is 13.4. The van der Waals surface area contributed by atoms with E-state index in [1.54, 1.807) is 6.92 Å². The van der Waals surface area contributed by atoms with E-state index >= 15 is 0 Å². The molecule has 6 heteroatoms. The van der Waals surface area contributed by atoms with Gasteiger partial charge in [0.05, 0.1) is 16.1 Å². The van der Waals surface area contributed by atoms with Gasteiger partial charge in [-0.05, 0) is 28.9 Å². The number of ether oxygens (including phenoxy) is 1. The lowest BCUT2D eigenvalue weighted by atomic mass is 10.1. The van der Waals surface area contributed by atoms with E-state index in [4.69, 9.17) is 11.6 Å². The number of aliphatic hydroxyl groups excluding tert-OH is 1. The summed E-state index contributed by atoms with van der Waals surface area (Å²) in [5.41, 5.74) is -0.0131. The second kappa shape index (κ2) is 5.61. The molecule has 1 rings (SSSR count). The number of esters is 1. The average Bonchev–Trinajstić information content (AvgIpc) is 2.26.